The molecule has 4 fully saturated rings. The van der Waals surface area contributed by atoms with Gasteiger partial charge in [-0.25, -0.2) is 4.79 Å². The topological polar surface area (TPSA) is 237 Å². The second kappa shape index (κ2) is 26.8. The van der Waals surface area contributed by atoms with E-state index in [1.54, 1.807) is 81.8 Å². The number of halogens is 2. The Morgan fingerprint density at radius 2 is 1.11 bits per heavy atom. The van der Waals surface area contributed by atoms with Gasteiger partial charge in [-0.2, -0.15) is 0 Å². The van der Waals surface area contributed by atoms with Gasteiger partial charge in [0, 0.05) is 58.9 Å². The number of nitrogens with one attached hydrogen (secondary N) is 2. The van der Waals surface area contributed by atoms with Crippen molar-refractivity contribution in [3.05, 3.63) is 117 Å². The largest absolute Gasteiger partial charge is 0.476 e. The van der Waals surface area contributed by atoms with E-state index in [2.05, 4.69) is 24.1 Å². The first kappa shape index (κ1) is 70.7. The molecule has 6 aliphatic heterocycles. The number of rotatable bonds is 4. The average Bonchev–Trinajstić information content (AvgIpc) is 1.59. The van der Waals surface area contributed by atoms with Crippen LogP contribution in [0.25, 0.3) is 0 Å². The van der Waals surface area contributed by atoms with Crippen LogP contribution in [0, 0.1) is 36.5 Å². The van der Waals surface area contributed by atoms with Crippen molar-refractivity contribution in [1.82, 2.24) is 10.6 Å². The number of fused-ring (bicyclic) bond motifs is 10. The fraction of sp³-hybridized carbons (Fsp3) is 0.603. The second-order valence-corrected chi connectivity index (χ2v) is 28.4. The van der Waals surface area contributed by atoms with Crippen LogP contribution < -0.4 is 20.4 Å². The number of epoxide rings is 2. The lowest BCUT2D eigenvalue weighted by Gasteiger charge is -2.44. The van der Waals surface area contributed by atoms with Gasteiger partial charge in [0.25, 0.3) is 0 Å². The molecule has 8 bridgehead atoms. The van der Waals surface area contributed by atoms with Crippen molar-refractivity contribution in [1.29, 1.82) is 0 Å². The molecule has 6 heterocycles. The van der Waals surface area contributed by atoms with Crippen molar-refractivity contribution >= 4 is 64.4 Å². The highest BCUT2D eigenvalue weighted by molar-refractivity contribution is 6.35. The molecule has 15 atom stereocenters. The number of carbonyl (C=O) groups excluding carboxylic acids is 5. The van der Waals surface area contributed by atoms with Gasteiger partial charge in [-0.3, -0.25) is 24.5 Å². The molecule has 3 amide bonds. The predicted octanol–water partition coefficient (Wildman–Crippen LogP) is 10.9. The Kier molecular flexibility index (Phi) is 21.3. The van der Waals surface area contributed by atoms with Crippen LogP contribution >= 0.6 is 23.2 Å². The summed E-state index contributed by atoms with van der Waals surface area (Å²) in [7, 11) is 6.34. The predicted molar refractivity (Wildman–Crippen MR) is 341 cm³/mol. The van der Waals surface area contributed by atoms with E-state index in [0.717, 1.165) is 33.4 Å². The van der Waals surface area contributed by atoms with E-state index in [1.165, 1.54) is 16.9 Å². The Labute approximate surface area is 535 Å². The Morgan fingerprint density at radius 1 is 0.674 bits per heavy atom. The molecule has 4 saturated heterocycles. The number of anilines is 2. The van der Waals surface area contributed by atoms with Crippen LogP contribution in [0.15, 0.2) is 84.3 Å². The number of alkyl carbamates (subject to hydrolysis) is 1. The second-order valence-electron chi connectivity index (χ2n) is 27.6. The summed E-state index contributed by atoms with van der Waals surface area (Å²) >= 11 is 13.5. The number of aryl methyl sites for hydroxylation is 2. The van der Waals surface area contributed by atoms with Gasteiger partial charge in [-0.05, 0) is 130 Å². The maximum Gasteiger partial charge on any atom is 0.409 e. The normalized spacial score (nSPS) is 35.6. The highest BCUT2D eigenvalue weighted by atomic mass is 35.5. The molecule has 2 aromatic rings. The summed E-state index contributed by atoms with van der Waals surface area (Å²) < 4.78 is 47.6. The Hall–Kier alpha value is -5.77. The van der Waals surface area contributed by atoms with Gasteiger partial charge >= 0.3 is 18.0 Å². The van der Waals surface area contributed by atoms with Gasteiger partial charge in [-0.15, -0.1) is 0 Å². The highest BCUT2D eigenvalue weighted by Crippen LogP contribution is 2.51. The van der Waals surface area contributed by atoms with Gasteiger partial charge in [0.2, 0.25) is 11.8 Å². The first-order chi connectivity index (χ1) is 41.2. The molecule has 1 unspecified atom stereocenters. The Bertz CT molecular complexity index is 3190. The summed E-state index contributed by atoms with van der Waals surface area (Å²) in [4.78, 5) is 69.8. The summed E-state index contributed by atoms with van der Waals surface area (Å²) in [5.74, 6) is -1.99. The van der Waals surface area contributed by atoms with Gasteiger partial charge in [-0.1, -0.05) is 104 Å². The third kappa shape index (κ3) is 15.6. The number of hydrogen-bond donors (Lipinski definition) is 4. The fourth-order valence-electron chi connectivity index (χ4n) is 12.1. The van der Waals surface area contributed by atoms with Gasteiger partial charge in [0.15, 0.2) is 17.3 Å². The molecule has 0 saturated carbocycles. The Morgan fingerprint density at radius 3 is 1.58 bits per heavy atom. The van der Waals surface area contributed by atoms with Gasteiger partial charge in [0.1, 0.15) is 47.8 Å². The number of benzene rings is 2. The van der Waals surface area contributed by atoms with Gasteiger partial charge < -0.3 is 63.2 Å². The summed E-state index contributed by atoms with van der Waals surface area (Å²) in [5, 5.41) is 29.9. The molecule has 4 N–H and O–H groups in total. The molecule has 490 valence electrons. The number of ether oxygens (including phenoxy) is 8. The maximum absolute atomic E-state index is 13.9. The van der Waals surface area contributed by atoms with Crippen LogP contribution in [0.1, 0.15) is 144 Å². The minimum absolute atomic E-state index is 0.00901. The molecular weight excluding hydrogens is 1180 g/mol. The van der Waals surface area contributed by atoms with E-state index >= 15 is 0 Å². The van der Waals surface area contributed by atoms with Crippen molar-refractivity contribution in [3.8, 4) is 0 Å². The molecule has 0 spiro atoms. The lowest BCUT2D eigenvalue weighted by molar-refractivity contribution is -0.164. The minimum Gasteiger partial charge on any atom is -0.476 e. The van der Waals surface area contributed by atoms with Crippen LogP contribution in [0.2, 0.25) is 10.0 Å². The summed E-state index contributed by atoms with van der Waals surface area (Å²) in [6.45, 7) is 31.8. The molecule has 2 aromatic carbocycles. The van der Waals surface area contributed by atoms with E-state index in [1.807, 2.05) is 97.0 Å². The fourth-order valence-corrected chi connectivity index (χ4v) is 12.6. The molecule has 0 aromatic heterocycles. The number of methoxy groups -OCH3 is 2. The van der Waals surface area contributed by atoms with Crippen molar-refractivity contribution < 1.29 is 72.1 Å². The number of esters is 2. The van der Waals surface area contributed by atoms with Crippen LogP contribution in [0.3, 0.4) is 0 Å². The zero-order chi connectivity index (χ0) is 66.4. The zero-order valence-electron chi connectivity index (χ0n) is 55.2. The van der Waals surface area contributed by atoms with E-state index in [9.17, 15) is 34.2 Å². The SMILES string of the molecule is C=C1N[C@]2(O)C[C@H](O1)[C@@H](C)[C@@H]1O[C@@]1(C)[C@@H](OC(=O)C(C)(C)C)CC(=O)N(C)c1cc(cc(C)c1Cl)C(C)/C(C)=C/C=C/[C@H]2OC.CO[C@@H]1/C=C/C=C(\C)Cc2cc(C)c(Cl)c(c2)N(C)C(=O)C[C@H](OC(=O)C(C)(C)C)[C@]2(C)O[C@H]2[C@H](C)[C@@H]2C[C@@]1(O)NC(=O)O2. The van der Waals surface area contributed by atoms with Crippen molar-refractivity contribution in [2.45, 2.75) is 213 Å². The molecule has 89 heavy (non-hydrogen) atoms. The number of hydrogen-bond acceptors (Lipinski definition) is 16. The van der Waals surface area contributed by atoms with Crippen LogP contribution in [-0.2, 0) is 63.5 Å². The van der Waals surface area contributed by atoms with Crippen LogP contribution in [0.4, 0.5) is 16.2 Å². The van der Waals surface area contributed by atoms with Crippen molar-refractivity contribution in [2.24, 2.45) is 22.7 Å². The molecule has 6 aliphatic rings. The number of aliphatic hydroxyl groups is 2. The summed E-state index contributed by atoms with van der Waals surface area (Å²) in [5.41, 5.74) is -0.143. The zero-order valence-corrected chi connectivity index (χ0v) is 56.7. The smallest absolute Gasteiger partial charge is 0.409 e. The average molecular weight is 1280 g/mol. The first-order valence-corrected chi connectivity index (χ1v) is 31.2. The van der Waals surface area contributed by atoms with Crippen molar-refractivity contribution in [2.75, 3.05) is 38.1 Å². The summed E-state index contributed by atoms with van der Waals surface area (Å²) in [6, 6.07) is 7.82. The number of nitrogens with zero attached hydrogens (tertiary/aromatic N) is 2. The number of amides is 3. The van der Waals surface area contributed by atoms with E-state index in [0.29, 0.717) is 27.8 Å². The van der Waals surface area contributed by atoms with E-state index < -0.39 is 106 Å². The lowest BCUT2D eigenvalue weighted by Crippen LogP contribution is -2.63. The van der Waals surface area contributed by atoms with E-state index in [-0.39, 0.29) is 55.2 Å². The molecular formula is C68H94Cl2N4O15. The molecule has 0 radical (unpaired) electrons. The number of carbonyl (C=O) groups is 5. The quantitative estimate of drug-likeness (QED) is 0.126. The number of allylic oxidation sites excluding steroid dienone is 6. The Balaban J connectivity index is 0.000000254. The molecule has 8 rings (SSSR count). The molecule has 19 nitrogen and oxygen atoms in total. The molecule has 21 heteroatoms. The maximum atomic E-state index is 13.9. The first-order valence-electron chi connectivity index (χ1n) is 30.4. The third-order valence-corrected chi connectivity index (χ3v) is 19.3. The van der Waals surface area contributed by atoms with Gasteiger partial charge in [0.05, 0.1) is 57.3 Å². The lowest BCUT2D eigenvalue weighted by atomic mass is 9.83. The van der Waals surface area contributed by atoms with E-state index in [4.69, 9.17) is 61.1 Å². The minimum atomic E-state index is -1.76. The monoisotopic (exact) mass is 1280 g/mol. The molecule has 0 aliphatic carbocycles. The van der Waals surface area contributed by atoms with Crippen LogP contribution in [0.5, 0.6) is 0 Å². The standard InChI is InChI=1S/C35H49ClN2O7.C33H45ClN2O8/c1-19-13-12-14-27(42-11)35(41)18-26(43-23(5)37-35)22(4)31-34(9,45-31)28(44-32(40)33(6,7)8)17-29(39)38(10)25-16-24(21(19)3)15-20(2)30(25)36;1-18-11-10-12-24(41-9)33(40)17-23(42-30(39)35-33)20(3)28-32(7,44-28)25(43-29(38)31(4,5)6)16-26(37)36(8)22-15-21(13-18)14-19(2)27(22)34/h12-16,21-22,26-28,31,37,41H,5,17-18H2,1-4,6-11H3;10-12,14-15,20,23-25,28,40H,13,16-17H2,1-9H3,(H,35,39)/b14-12+,19-13+;12-10+,18-11+/t21?,22-,26+,27-,28+,31+,34+,35+;20-,23+,24-,25+,28+,32+,33+/m11/s1. The third-order valence-electron chi connectivity index (χ3n) is 18.3. The van der Waals surface area contributed by atoms with Crippen LogP contribution in [-0.4, -0.2) is 140 Å². The van der Waals surface area contributed by atoms with Crippen molar-refractivity contribution in [3.63, 3.8) is 0 Å². The summed E-state index contributed by atoms with van der Waals surface area (Å²) in [6.07, 6.45) is 5.04. The highest BCUT2D eigenvalue weighted by Gasteiger charge is 2.66.